The summed E-state index contributed by atoms with van der Waals surface area (Å²) < 4.78 is 1.30. The molecule has 3 rings (SSSR count). The molecule has 1 atom stereocenters. The molecule has 0 saturated heterocycles. The molecule has 0 bridgehead atoms. The van der Waals surface area contributed by atoms with Crippen LogP contribution in [0.1, 0.15) is 65.0 Å². The van der Waals surface area contributed by atoms with E-state index in [-0.39, 0.29) is 10.8 Å². The maximum Gasteiger partial charge on any atom is 0.0139 e. The lowest BCUT2D eigenvalue weighted by Gasteiger charge is -2.25. The summed E-state index contributed by atoms with van der Waals surface area (Å²) in [6.07, 6.45) is 8.22. The first-order valence-corrected chi connectivity index (χ1v) is 10.9. The first kappa shape index (κ1) is 20.4. The van der Waals surface area contributed by atoms with Gasteiger partial charge >= 0.3 is 0 Å². The van der Waals surface area contributed by atoms with Crippen molar-refractivity contribution in [1.82, 2.24) is 0 Å². The average molecular weight is 470 g/mol. The number of hydrogen-bond donors (Lipinski definition) is 0. The van der Waals surface area contributed by atoms with Gasteiger partial charge < -0.3 is 0 Å². The van der Waals surface area contributed by atoms with Crippen LogP contribution in [0.4, 0.5) is 0 Å². The molecule has 27 heavy (non-hydrogen) atoms. The van der Waals surface area contributed by atoms with Gasteiger partial charge in [0.05, 0.1) is 0 Å². The van der Waals surface area contributed by atoms with E-state index in [4.69, 9.17) is 0 Å². The van der Waals surface area contributed by atoms with E-state index in [9.17, 15) is 0 Å². The highest BCUT2D eigenvalue weighted by atomic mass is 127. The fourth-order valence-electron chi connectivity index (χ4n) is 3.58. The lowest BCUT2D eigenvalue weighted by molar-refractivity contribution is 0.510. The normalized spacial score (nSPS) is 17.7. The van der Waals surface area contributed by atoms with Crippen LogP contribution in [-0.2, 0) is 5.41 Å². The molecule has 0 spiro atoms. The van der Waals surface area contributed by atoms with Crippen LogP contribution in [0.2, 0.25) is 0 Å². The summed E-state index contributed by atoms with van der Waals surface area (Å²) in [5.74, 6) is 0.471. The lowest BCUT2D eigenvalue weighted by atomic mass is 9.80. The summed E-state index contributed by atoms with van der Waals surface area (Å²) in [6, 6.07) is 16.1. The van der Waals surface area contributed by atoms with Gasteiger partial charge in [0.15, 0.2) is 0 Å². The van der Waals surface area contributed by atoms with E-state index in [2.05, 4.69) is 125 Å². The molecule has 1 unspecified atom stereocenters. The third-order valence-electron chi connectivity index (χ3n) is 5.40. The van der Waals surface area contributed by atoms with Gasteiger partial charge in [-0.1, -0.05) is 90.1 Å². The summed E-state index contributed by atoms with van der Waals surface area (Å²) in [5, 5.41) is 0. The SMILES string of the molecule is CC(C)(C)C1=CCC(c2cc(I)cc(-c3ccc(C(C)(C)C)cc3)c2)C=C1. The van der Waals surface area contributed by atoms with E-state index >= 15 is 0 Å². The monoisotopic (exact) mass is 470 g/mol. The van der Waals surface area contributed by atoms with Gasteiger partial charge in [-0.2, -0.15) is 0 Å². The van der Waals surface area contributed by atoms with Gasteiger partial charge in [-0.15, -0.1) is 0 Å². The average Bonchev–Trinajstić information content (AvgIpc) is 2.60. The highest BCUT2D eigenvalue weighted by Gasteiger charge is 2.20. The second kappa shape index (κ2) is 7.58. The third kappa shape index (κ3) is 4.93. The molecular formula is C26H31I. The molecule has 0 fully saturated rings. The summed E-state index contributed by atoms with van der Waals surface area (Å²) in [4.78, 5) is 0. The van der Waals surface area contributed by atoms with Crippen molar-refractivity contribution in [2.24, 2.45) is 5.41 Å². The van der Waals surface area contributed by atoms with Crippen molar-refractivity contribution in [2.75, 3.05) is 0 Å². The molecule has 1 heteroatoms. The first-order chi connectivity index (χ1) is 12.5. The van der Waals surface area contributed by atoms with Crippen LogP contribution in [0.5, 0.6) is 0 Å². The van der Waals surface area contributed by atoms with E-state index in [1.165, 1.54) is 31.4 Å². The van der Waals surface area contributed by atoms with Crippen LogP contribution in [0, 0.1) is 8.99 Å². The Kier molecular flexibility index (Phi) is 5.72. The van der Waals surface area contributed by atoms with Crippen LogP contribution in [0.3, 0.4) is 0 Å². The van der Waals surface area contributed by atoms with Crippen molar-refractivity contribution in [3.63, 3.8) is 0 Å². The van der Waals surface area contributed by atoms with Crippen LogP contribution in [0.25, 0.3) is 11.1 Å². The Balaban J connectivity index is 1.88. The van der Waals surface area contributed by atoms with Crippen molar-refractivity contribution in [3.05, 3.63) is 81.0 Å². The molecule has 2 aromatic rings. The fraction of sp³-hybridized carbons (Fsp3) is 0.385. The Bertz CT molecular complexity index is 868. The smallest absolute Gasteiger partial charge is 0.0139 e. The molecule has 2 aromatic carbocycles. The number of allylic oxidation sites excluding steroid dienone is 4. The number of benzene rings is 2. The van der Waals surface area contributed by atoms with Gasteiger partial charge in [0, 0.05) is 9.49 Å². The van der Waals surface area contributed by atoms with Crippen LogP contribution in [-0.4, -0.2) is 0 Å². The highest BCUT2D eigenvalue weighted by molar-refractivity contribution is 14.1. The molecule has 0 heterocycles. The molecule has 1 aliphatic rings. The molecule has 1 aliphatic carbocycles. The second-order valence-corrected chi connectivity index (χ2v) is 11.0. The molecule has 0 radical (unpaired) electrons. The number of rotatable bonds is 2. The van der Waals surface area contributed by atoms with Crippen LogP contribution in [0.15, 0.2) is 66.3 Å². The van der Waals surface area contributed by atoms with E-state index in [1.54, 1.807) is 0 Å². The highest BCUT2D eigenvalue weighted by Crippen LogP contribution is 2.36. The van der Waals surface area contributed by atoms with Gasteiger partial charge in [0.1, 0.15) is 0 Å². The number of halogens is 1. The summed E-state index contributed by atoms with van der Waals surface area (Å²) >= 11 is 2.45. The predicted octanol–water partition coefficient (Wildman–Crippen LogP) is 8.27. The zero-order chi connectivity index (χ0) is 19.8. The van der Waals surface area contributed by atoms with Crippen molar-refractivity contribution in [1.29, 1.82) is 0 Å². The Labute approximate surface area is 178 Å². The van der Waals surface area contributed by atoms with Crippen molar-refractivity contribution >= 4 is 22.6 Å². The van der Waals surface area contributed by atoms with Gasteiger partial charge in [-0.05, 0) is 79.8 Å². The summed E-state index contributed by atoms with van der Waals surface area (Å²) in [5.41, 5.74) is 7.28. The van der Waals surface area contributed by atoms with E-state index < -0.39 is 0 Å². The number of hydrogen-bond acceptors (Lipinski definition) is 0. The lowest BCUT2D eigenvalue weighted by Crippen LogP contribution is -2.11. The van der Waals surface area contributed by atoms with Crippen LogP contribution >= 0.6 is 22.6 Å². The minimum atomic E-state index is 0.193. The van der Waals surface area contributed by atoms with Crippen LogP contribution < -0.4 is 0 Å². The maximum atomic E-state index is 2.45. The fourth-order valence-corrected chi connectivity index (χ4v) is 4.27. The zero-order valence-electron chi connectivity index (χ0n) is 17.4. The minimum Gasteiger partial charge on any atom is -0.0799 e. The summed E-state index contributed by atoms with van der Waals surface area (Å²) in [7, 11) is 0. The van der Waals surface area contributed by atoms with E-state index in [0.717, 1.165) is 6.42 Å². The van der Waals surface area contributed by atoms with Gasteiger partial charge in [-0.3, -0.25) is 0 Å². The van der Waals surface area contributed by atoms with Gasteiger partial charge in [-0.25, -0.2) is 0 Å². The molecular weight excluding hydrogens is 439 g/mol. The first-order valence-electron chi connectivity index (χ1n) is 9.84. The van der Waals surface area contributed by atoms with Gasteiger partial charge in [0.25, 0.3) is 0 Å². The Hall–Kier alpha value is -1.35. The Morgan fingerprint density at radius 3 is 2.00 bits per heavy atom. The standard InChI is InChI=1S/C26H31I/c1-25(2,3)22-11-7-18(8-12-22)20-15-21(17-24(27)16-20)19-9-13-23(14-10-19)26(4,5)6/h7-9,11-17,19H,10H2,1-6H3. The molecule has 0 amide bonds. The Morgan fingerprint density at radius 2 is 1.48 bits per heavy atom. The quantitative estimate of drug-likeness (QED) is 0.388. The third-order valence-corrected chi connectivity index (χ3v) is 6.02. The zero-order valence-corrected chi connectivity index (χ0v) is 19.6. The molecule has 0 aromatic heterocycles. The van der Waals surface area contributed by atoms with Crippen molar-refractivity contribution in [2.45, 2.75) is 59.3 Å². The molecule has 0 nitrogen and oxygen atoms in total. The maximum absolute atomic E-state index is 2.45. The largest absolute Gasteiger partial charge is 0.0799 e. The second-order valence-electron chi connectivity index (χ2n) is 9.71. The van der Waals surface area contributed by atoms with Crippen molar-refractivity contribution in [3.8, 4) is 11.1 Å². The molecule has 0 aliphatic heterocycles. The van der Waals surface area contributed by atoms with Gasteiger partial charge in [0.2, 0.25) is 0 Å². The van der Waals surface area contributed by atoms with E-state index in [1.807, 2.05) is 0 Å². The Morgan fingerprint density at radius 1 is 0.815 bits per heavy atom. The molecule has 0 N–H and O–H groups in total. The topological polar surface area (TPSA) is 0 Å². The predicted molar refractivity (Wildman–Crippen MR) is 127 cm³/mol. The molecule has 0 saturated carbocycles. The summed E-state index contributed by atoms with van der Waals surface area (Å²) in [6.45, 7) is 13.7. The minimum absolute atomic E-state index is 0.193. The molecule has 142 valence electrons. The van der Waals surface area contributed by atoms with E-state index in [0.29, 0.717) is 5.92 Å². The van der Waals surface area contributed by atoms with Crippen molar-refractivity contribution < 1.29 is 0 Å².